The van der Waals surface area contributed by atoms with Gasteiger partial charge in [-0.15, -0.1) is 14.8 Å². The van der Waals surface area contributed by atoms with Gasteiger partial charge in [0.15, 0.2) is 5.65 Å². The lowest BCUT2D eigenvalue weighted by molar-refractivity contribution is 0.475. The van der Waals surface area contributed by atoms with Crippen molar-refractivity contribution in [3.05, 3.63) is 42.0 Å². The summed E-state index contributed by atoms with van der Waals surface area (Å²) in [6, 6.07) is 10.8. The van der Waals surface area contributed by atoms with Crippen LogP contribution in [0.4, 0.5) is 5.82 Å². The summed E-state index contributed by atoms with van der Waals surface area (Å²) in [5.41, 5.74) is 1.76. The first kappa shape index (κ1) is 11.4. The van der Waals surface area contributed by atoms with E-state index in [0.717, 1.165) is 24.3 Å². The second-order valence-corrected chi connectivity index (χ2v) is 4.09. The topological polar surface area (TPSA) is 88.2 Å². The van der Waals surface area contributed by atoms with Crippen molar-refractivity contribution in [2.45, 2.75) is 6.42 Å². The van der Waals surface area contributed by atoms with Crippen LogP contribution in [-0.2, 0) is 6.42 Å². The highest BCUT2D eigenvalue weighted by Gasteiger charge is 2.00. The van der Waals surface area contributed by atoms with Gasteiger partial charge in [0, 0.05) is 6.54 Å². The number of nitrogens with zero attached hydrogens (tertiary/aromatic N) is 5. The molecule has 0 saturated heterocycles. The number of aromatic nitrogens is 5. The maximum Gasteiger partial charge on any atom is 0.200 e. The van der Waals surface area contributed by atoms with Crippen molar-refractivity contribution in [2.75, 3.05) is 11.9 Å². The summed E-state index contributed by atoms with van der Waals surface area (Å²) in [4.78, 5) is 0. The monoisotopic (exact) mass is 256 g/mol. The van der Waals surface area contributed by atoms with Gasteiger partial charge in [-0.1, -0.05) is 12.1 Å². The first-order valence-electron chi connectivity index (χ1n) is 5.88. The summed E-state index contributed by atoms with van der Waals surface area (Å²) in [5.74, 6) is 1.00. The van der Waals surface area contributed by atoms with E-state index in [1.54, 1.807) is 18.2 Å². The Hall–Kier alpha value is -2.70. The number of phenols is 1. The van der Waals surface area contributed by atoms with Gasteiger partial charge in [0.25, 0.3) is 0 Å². The summed E-state index contributed by atoms with van der Waals surface area (Å²) < 4.78 is 1.38. The molecule has 0 unspecified atom stereocenters. The Kier molecular flexibility index (Phi) is 2.93. The molecule has 1 aromatic carbocycles. The average molecular weight is 256 g/mol. The fourth-order valence-electron chi connectivity index (χ4n) is 1.74. The van der Waals surface area contributed by atoms with Crippen molar-refractivity contribution in [1.82, 2.24) is 25.3 Å². The lowest BCUT2D eigenvalue weighted by Gasteiger charge is -2.05. The maximum absolute atomic E-state index is 9.19. The van der Waals surface area contributed by atoms with Crippen LogP contribution in [0.15, 0.2) is 36.4 Å². The van der Waals surface area contributed by atoms with Crippen molar-refractivity contribution < 1.29 is 5.11 Å². The highest BCUT2D eigenvalue weighted by atomic mass is 16.3. The first-order valence-corrected chi connectivity index (χ1v) is 5.88. The number of nitrogens with one attached hydrogen (secondary N) is 1. The van der Waals surface area contributed by atoms with E-state index in [-0.39, 0.29) is 5.75 Å². The fourth-order valence-corrected chi connectivity index (χ4v) is 1.74. The van der Waals surface area contributed by atoms with Gasteiger partial charge < -0.3 is 10.4 Å². The zero-order valence-electron chi connectivity index (χ0n) is 10.1. The molecule has 2 N–H and O–H groups in total. The number of hydrogen-bond acceptors (Lipinski definition) is 6. The fraction of sp³-hybridized carbons (Fsp3) is 0.167. The van der Waals surface area contributed by atoms with Gasteiger partial charge in [0.05, 0.1) is 0 Å². The SMILES string of the molecule is Oc1ccc(CCNc2ccc3nnnn3n2)cc1. The Morgan fingerprint density at radius 2 is 1.95 bits per heavy atom. The lowest BCUT2D eigenvalue weighted by atomic mass is 10.1. The predicted octanol–water partition coefficient (Wildman–Crippen LogP) is 0.879. The Morgan fingerprint density at radius 1 is 1.11 bits per heavy atom. The van der Waals surface area contributed by atoms with Gasteiger partial charge >= 0.3 is 0 Å². The van der Waals surface area contributed by atoms with Crippen LogP contribution in [0.25, 0.3) is 5.65 Å². The Balaban J connectivity index is 1.61. The van der Waals surface area contributed by atoms with Crippen LogP contribution in [0.5, 0.6) is 5.75 Å². The Morgan fingerprint density at radius 3 is 2.79 bits per heavy atom. The van der Waals surface area contributed by atoms with E-state index in [1.165, 1.54) is 4.63 Å². The third-order valence-electron chi connectivity index (χ3n) is 2.73. The minimum atomic E-state index is 0.280. The highest BCUT2D eigenvalue weighted by Crippen LogP contribution is 2.10. The third kappa shape index (κ3) is 2.59. The molecule has 0 saturated carbocycles. The van der Waals surface area contributed by atoms with Crippen LogP contribution in [0.2, 0.25) is 0 Å². The molecule has 96 valence electrons. The zero-order valence-corrected chi connectivity index (χ0v) is 10.1. The predicted molar refractivity (Wildman–Crippen MR) is 68.9 cm³/mol. The van der Waals surface area contributed by atoms with Gasteiger partial charge in [-0.3, -0.25) is 0 Å². The van der Waals surface area contributed by atoms with E-state index < -0.39 is 0 Å². The largest absolute Gasteiger partial charge is 0.508 e. The van der Waals surface area contributed by atoms with Crippen molar-refractivity contribution in [1.29, 1.82) is 0 Å². The molecule has 0 aliphatic rings. The van der Waals surface area contributed by atoms with Gasteiger partial charge in [0.2, 0.25) is 0 Å². The number of tetrazole rings is 1. The Labute approximate surface area is 108 Å². The van der Waals surface area contributed by atoms with Gasteiger partial charge in [-0.2, -0.15) is 0 Å². The van der Waals surface area contributed by atoms with Crippen LogP contribution in [0.1, 0.15) is 5.56 Å². The molecule has 0 aliphatic carbocycles. The Bertz CT molecular complexity index is 678. The number of benzene rings is 1. The molecular formula is C12H12N6O. The molecule has 3 aromatic rings. The number of fused-ring (bicyclic) bond motifs is 1. The van der Waals surface area contributed by atoms with Crippen molar-refractivity contribution >= 4 is 11.5 Å². The van der Waals surface area contributed by atoms with E-state index in [0.29, 0.717) is 5.65 Å². The van der Waals surface area contributed by atoms with Crippen LogP contribution in [0.3, 0.4) is 0 Å². The second-order valence-electron chi connectivity index (χ2n) is 4.09. The van der Waals surface area contributed by atoms with Gasteiger partial charge in [-0.25, -0.2) is 0 Å². The molecule has 0 aliphatic heterocycles. The summed E-state index contributed by atoms with van der Waals surface area (Å²) in [7, 11) is 0. The number of aromatic hydroxyl groups is 1. The molecule has 2 heterocycles. The van der Waals surface area contributed by atoms with Crippen molar-refractivity contribution in [2.24, 2.45) is 0 Å². The quantitative estimate of drug-likeness (QED) is 0.720. The molecule has 7 heteroatoms. The van der Waals surface area contributed by atoms with E-state index in [4.69, 9.17) is 0 Å². The first-order chi connectivity index (χ1) is 9.31. The summed E-state index contributed by atoms with van der Waals surface area (Å²) in [5, 5.41) is 27.6. The highest BCUT2D eigenvalue weighted by molar-refractivity contribution is 5.42. The van der Waals surface area contributed by atoms with Crippen molar-refractivity contribution in [3.8, 4) is 5.75 Å². The van der Waals surface area contributed by atoms with E-state index in [1.807, 2.05) is 18.2 Å². The number of anilines is 1. The summed E-state index contributed by atoms with van der Waals surface area (Å²) >= 11 is 0. The number of rotatable bonds is 4. The molecule has 0 amide bonds. The molecule has 2 aromatic heterocycles. The van der Waals surface area contributed by atoms with E-state index >= 15 is 0 Å². The molecule has 0 spiro atoms. The minimum absolute atomic E-state index is 0.280. The zero-order chi connectivity index (χ0) is 13.1. The third-order valence-corrected chi connectivity index (χ3v) is 2.73. The molecule has 0 bridgehead atoms. The van der Waals surface area contributed by atoms with Crippen LogP contribution in [-0.4, -0.2) is 36.9 Å². The van der Waals surface area contributed by atoms with Crippen LogP contribution >= 0.6 is 0 Å². The lowest BCUT2D eigenvalue weighted by Crippen LogP contribution is -2.08. The standard InChI is InChI=1S/C12H12N6O/c19-10-3-1-9(2-4-10)7-8-13-11-5-6-12-14-16-17-18(12)15-11/h1-6,19H,7-8H2,(H,13,15). The van der Waals surface area contributed by atoms with Crippen LogP contribution < -0.4 is 5.32 Å². The molecule has 0 atom stereocenters. The molecule has 7 nitrogen and oxygen atoms in total. The van der Waals surface area contributed by atoms with Gasteiger partial charge in [-0.05, 0) is 46.7 Å². The number of hydrogen-bond donors (Lipinski definition) is 2. The average Bonchev–Trinajstić information content (AvgIpc) is 2.88. The van der Waals surface area contributed by atoms with E-state index in [9.17, 15) is 5.11 Å². The van der Waals surface area contributed by atoms with Crippen LogP contribution in [0, 0.1) is 0 Å². The van der Waals surface area contributed by atoms with E-state index in [2.05, 4.69) is 25.9 Å². The molecule has 3 rings (SSSR count). The number of phenolic OH excluding ortho intramolecular Hbond substituents is 1. The van der Waals surface area contributed by atoms with Crippen molar-refractivity contribution in [3.63, 3.8) is 0 Å². The maximum atomic E-state index is 9.19. The second kappa shape index (κ2) is 4.89. The smallest absolute Gasteiger partial charge is 0.200 e. The minimum Gasteiger partial charge on any atom is -0.508 e. The molecule has 0 fully saturated rings. The normalized spacial score (nSPS) is 10.7. The molecule has 19 heavy (non-hydrogen) atoms. The molecule has 0 radical (unpaired) electrons. The molecular weight excluding hydrogens is 244 g/mol. The summed E-state index contributed by atoms with van der Waals surface area (Å²) in [6.07, 6.45) is 0.843. The van der Waals surface area contributed by atoms with Gasteiger partial charge in [0.1, 0.15) is 11.6 Å². The summed E-state index contributed by atoms with van der Waals surface area (Å²) in [6.45, 7) is 0.741.